The van der Waals surface area contributed by atoms with Crippen molar-refractivity contribution in [2.45, 2.75) is 6.29 Å². The summed E-state index contributed by atoms with van der Waals surface area (Å²) in [6.45, 7) is 0. The zero-order valence-electron chi connectivity index (χ0n) is 9.54. The van der Waals surface area contributed by atoms with Gasteiger partial charge in [0, 0.05) is 24.3 Å². The van der Waals surface area contributed by atoms with Gasteiger partial charge in [0.1, 0.15) is 0 Å². The lowest BCUT2D eigenvalue weighted by atomic mass is 10.1. The number of rotatable bonds is 3. The third-order valence-electron chi connectivity index (χ3n) is 2.64. The number of methoxy groups -OCH3 is 2. The second-order valence-electron chi connectivity index (χ2n) is 3.61. The molecule has 0 N–H and O–H groups in total. The van der Waals surface area contributed by atoms with Crippen LogP contribution in [0, 0.1) is 0 Å². The molecule has 0 bridgehead atoms. The van der Waals surface area contributed by atoms with Crippen molar-refractivity contribution >= 4 is 38.3 Å². The number of hydrogen-bond acceptors (Lipinski definition) is 2. The summed E-state index contributed by atoms with van der Waals surface area (Å²) in [5.41, 5.74) is 0.815. The fourth-order valence-corrected chi connectivity index (χ4v) is 3.01. The van der Waals surface area contributed by atoms with Gasteiger partial charge < -0.3 is 9.47 Å². The van der Waals surface area contributed by atoms with Crippen LogP contribution >= 0.6 is 27.5 Å². The largest absolute Gasteiger partial charge is 0.352 e. The Morgan fingerprint density at radius 3 is 2.47 bits per heavy atom. The molecule has 0 unspecified atom stereocenters. The van der Waals surface area contributed by atoms with Crippen molar-refractivity contribution < 1.29 is 9.47 Å². The van der Waals surface area contributed by atoms with E-state index < -0.39 is 6.29 Å². The van der Waals surface area contributed by atoms with E-state index in [0.29, 0.717) is 5.02 Å². The molecule has 2 aromatic carbocycles. The van der Waals surface area contributed by atoms with Gasteiger partial charge in [-0.25, -0.2) is 0 Å². The highest BCUT2D eigenvalue weighted by atomic mass is 79.9. The maximum absolute atomic E-state index is 6.27. The Bertz CT molecular complexity index is 538. The molecule has 0 amide bonds. The van der Waals surface area contributed by atoms with Gasteiger partial charge in [-0.2, -0.15) is 0 Å². The smallest absolute Gasteiger partial charge is 0.185 e. The summed E-state index contributed by atoms with van der Waals surface area (Å²) in [6.07, 6.45) is -0.471. The highest BCUT2D eigenvalue weighted by molar-refractivity contribution is 9.10. The third kappa shape index (κ3) is 2.33. The van der Waals surface area contributed by atoms with Gasteiger partial charge in [-0.1, -0.05) is 35.9 Å². The summed E-state index contributed by atoms with van der Waals surface area (Å²) in [5.74, 6) is 0. The Morgan fingerprint density at radius 2 is 1.82 bits per heavy atom. The van der Waals surface area contributed by atoms with E-state index in [1.807, 2.05) is 30.3 Å². The van der Waals surface area contributed by atoms with Gasteiger partial charge in [0.15, 0.2) is 6.29 Å². The quantitative estimate of drug-likeness (QED) is 0.774. The second-order valence-corrected chi connectivity index (χ2v) is 4.81. The zero-order chi connectivity index (χ0) is 12.4. The number of ether oxygens (including phenoxy) is 2. The third-order valence-corrected chi connectivity index (χ3v) is 3.80. The summed E-state index contributed by atoms with van der Waals surface area (Å²) in [5, 5.41) is 2.80. The van der Waals surface area contributed by atoms with Gasteiger partial charge in [0.25, 0.3) is 0 Å². The molecule has 0 aliphatic rings. The summed E-state index contributed by atoms with van der Waals surface area (Å²) in [6, 6.07) is 9.93. The minimum Gasteiger partial charge on any atom is -0.352 e. The van der Waals surface area contributed by atoms with Crippen LogP contribution in [0.1, 0.15) is 11.9 Å². The van der Waals surface area contributed by atoms with Gasteiger partial charge in [-0.15, -0.1) is 0 Å². The van der Waals surface area contributed by atoms with Crippen LogP contribution in [-0.4, -0.2) is 14.2 Å². The van der Waals surface area contributed by atoms with Gasteiger partial charge in [-0.05, 0) is 32.8 Å². The molecule has 0 aromatic heterocycles. The minimum atomic E-state index is -0.471. The molecule has 0 aliphatic carbocycles. The molecule has 0 aliphatic heterocycles. The Hall–Kier alpha value is -0.610. The SMILES string of the molecule is COC(OC)c1c(Cl)cc2ccccc2c1Br. The fourth-order valence-electron chi connectivity index (χ4n) is 1.83. The molecule has 0 spiro atoms. The van der Waals surface area contributed by atoms with Crippen LogP contribution in [0.15, 0.2) is 34.8 Å². The molecule has 0 saturated carbocycles. The van der Waals surface area contributed by atoms with E-state index in [1.165, 1.54) is 0 Å². The summed E-state index contributed by atoms with van der Waals surface area (Å²) in [7, 11) is 3.18. The first-order valence-electron chi connectivity index (χ1n) is 5.11. The number of halogens is 2. The first-order valence-corrected chi connectivity index (χ1v) is 6.28. The molecule has 90 valence electrons. The minimum absolute atomic E-state index is 0.471. The van der Waals surface area contributed by atoms with Crippen LogP contribution in [-0.2, 0) is 9.47 Å². The van der Waals surface area contributed by atoms with Crippen LogP contribution in [0.25, 0.3) is 10.8 Å². The van der Waals surface area contributed by atoms with Crippen LogP contribution in [0.2, 0.25) is 5.02 Å². The molecular weight excluding hydrogens is 303 g/mol. The lowest BCUT2D eigenvalue weighted by Gasteiger charge is -2.18. The number of hydrogen-bond donors (Lipinski definition) is 0. The van der Waals surface area contributed by atoms with Crippen molar-refractivity contribution in [1.29, 1.82) is 0 Å². The van der Waals surface area contributed by atoms with Crippen molar-refractivity contribution in [2.24, 2.45) is 0 Å². The fraction of sp³-hybridized carbons (Fsp3) is 0.231. The molecule has 17 heavy (non-hydrogen) atoms. The molecule has 2 aromatic rings. The van der Waals surface area contributed by atoms with E-state index in [0.717, 1.165) is 20.8 Å². The van der Waals surface area contributed by atoms with Crippen LogP contribution in [0.5, 0.6) is 0 Å². The average Bonchev–Trinajstić information content (AvgIpc) is 2.34. The Balaban J connectivity index is 2.71. The van der Waals surface area contributed by atoms with Gasteiger partial charge >= 0.3 is 0 Å². The van der Waals surface area contributed by atoms with Gasteiger partial charge in [0.2, 0.25) is 0 Å². The van der Waals surface area contributed by atoms with E-state index in [9.17, 15) is 0 Å². The molecule has 0 heterocycles. The molecular formula is C13H12BrClO2. The van der Waals surface area contributed by atoms with Gasteiger partial charge in [-0.3, -0.25) is 0 Å². The monoisotopic (exact) mass is 314 g/mol. The lowest BCUT2D eigenvalue weighted by molar-refractivity contribution is -0.106. The molecule has 0 atom stereocenters. The van der Waals surface area contributed by atoms with Crippen molar-refractivity contribution in [1.82, 2.24) is 0 Å². The normalized spacial score (nSPS) is 11.4. The zero-order valence-corrected chi connectivity index (χ0v) is 11.9. The maximum atomic E-state index is 6.27. The molecule has 4 heteroatoms. The summed E-state index contributed by atoms with van der Waals surface area (Å²) in [4.78, 5) is 0. The van der Waals surface area contributed by atoms with Crippen molar-refractivity contribution in [2.75, 3.05) is 14.2 Å². The first kappa shape index (κ1) is 12.8. The Kier molecular flexibility index (Phi) is 4.05. The van der Waals surface area contributed by atoms with Crippen LogP contribution < -0.4 is 0 Å². The molecule has 0 fully saturated rings. The first-order chi connectivity index (χ1) is 8.19. The highest BCUT2D eigenvalue weighted by Gasteiger charge is 2.19. The predicted octanol–water partition coefficient (Wildman–Crippen LogP) is 4.55. The molecule has 2 nitrogen and oxygen atoms in total. The van der Waals surface area contributed by atoms with Crippen LogP contribution in [0.4, 0.5) is 0 Å². The maximum Gasteiger partial charge on any atom is 0.185 e. The van der Waals surface area contributed by atoms with E-state index in [1.54, 1.807) is 14.2 Å². The van der Waals surface area contributed by atoms with E-state index in [2.05, 4.69) is 15.9 Å². The predicted molar refractivity (Wildman–Crippen MR) is 73.4 cm³/mol. The second kappa shape index (κ2) is 5.36. The summed E-state index contributed by atoms with van der Waals surface area (Å²) >= 11 is 9.84. The van der Waals surface area contributed by atoms with Crippen molar-refractivity contribution in [3.63, 3.8) is 0 Å². The van der Waals surface area contributed by atoms with Gasteiger partial charge in [0.05, 0.1) is 5.02 Å². The van der Waals surface area contributed by atoms with E-state index in [-0.39, 0.29) is 0 Å². The van der Waals surface area contributed by atoms with Crippen molar-refractivity contribution in [3.8, 4) is 0 Å². The van der Waals surface area contributed by atoms with E-state index >= 15 is 0 Å². The average molecular weight is 316 g/mol. The standard InChI is InChI=1S/C13H12BrClO2/c1-16-13(17-2)11-10(15)7-8-5-3-4-6-9(8)12(11)14/h3-7,13H,1-2H3. The Labute approximate surface area is 114 Å². The summed E-state index contributed by atoms with van der Waals surface area (Å²) < 4.78 is 11.4. The topological polar surface area (TPSA) is 18.5 Å². The molecule has 2 rings (SSSR count). The lowest BCUT2D eigenvalue weighted by Crippen LogP contribution is -2.05. The number of fused-ring (bicyclic) bond motifs is 1. The van der Waals surface area contributed by atoms with E-state index in [4.69, 9.17) is 21.1 Å². The molecule has 0 saturated heterocycles. The van der Waals surface area contributed by atoms with Crippen molar-refractivity contribution in [3.05, 3.63) is 45.4 Å². The Morgan fingerprint density at radius 1 is 1.18 bits per heavy atom. The van der Waals surface area contributed by atoms with Crippen LogP contribution in [0.3, 0.4) is 0 Å². The highest BCUT2D eigenvalue weighted by Crippen LogP contribution is 2.38. The molecule has 0 radical (unpaired) electrons. The number of benzene rings is 2.